The maximum absolute atomic E-state index is 8.59. The van der Waals surface area contributed by atoms with Crippen LogP contribution in [0.3, 0.4) is 0 Å². The zero-order chi connectivity index (χ0) is 11.9. The van der Waals surface area contributed by atoms with Crippen molar-refractivity contribution in [3.8, 4) is 6.07 Å². The Morgan fingerprint density at radius 2 is 2.24 bits per heavy atom. The predicted octanol–water partition coefficient (Wildman–Crippen LogP) is 2.65. The van der Waals surface area contributed by atoms with Gasteiger partial charge in [-0.2, -0.15) is 5.26 Å². The molecule has 1 heterocycles. The molecule has 0 atom stereocenters. The first kappa shape index (κ1) is 11.6. The van der Waals surface area contributed by atoms with Gasteiger partial charge in [0.25, 0.3) is 0 Å². The fourth-order valence-corrected chi connectivity index (χ4v) is 1.96. The van der Waals surface area contributed by atoms with Gasteiger partial charge in [-0.25, -0.2) is 9.97 Å². The fourth-order valence-electron chi connectivity index (χ4n) is 1.96. The molecule has 0 saturated carbocycles. The molecular formula is C13H16N4. The summed E-state index contributed by atoms with van der Waals surface area (Å²) >= 11 is 0. The predicted molar refractivity (Wildman–Crippen MR) is 66.4 cm³/mol. The lowest BCUT2D eigenvalue weighted by atomic mass is 9.97. The van der Waals surface area contributed by atoms with E-state index >= 15 is 0 Å². The Bertz CT molecular complexity index is 428. The normalized spacial score (nSPS) is 14.9. The Hall–Kier alpha value is -1.89. The fraction of sp³-hybridized carbons (Fsp3) is 0.462. The molecule has 17 heavy (non-hydrogen) atoms. The molecule has 0 unspecified atom stereocenters. The molecule has 0 spiro atoms. The molecule has 0 bridgehead atoms. The number of allylic oxidation sites excluding steroid dienone is 1. The van der Waals surface area contributed by atoms with E-state index < -0.39 is 0 Å². The number of nitriles is 1. The van der Waals surface area contributed by atoms with Crippen LogP contribution in [0, 0.1) is 11.3 Å². The second-order valence-corrected chi connectivity index (χ2v) is 4.18. The van der Waals surface area contributed by atoms with Crippen LogP contribution >= 0.6 is 0 Å². The molecule has 2 rings (SSSR count). The van der Waals surface area contributed by atoms with E-state index in [-0.39, 0.29) is 0 Å². The molecule has 1 aliphatic carbocycles. The van der Waals surface area contributed by atoms with E-state index in [0.717, 1.165) is 18.8 Å². The van der Waals surface area contributed by atoms with E-state index in [1.807, 2.05) is 6.07 Å². The largest absolute Gasteiger partial charge is 0.368 e. The van der Waals surface area contributed by atoms with Crippen LogP contribution in [0.25, 0.3) is 0 Å². The van der Waals surface area contributed by atoms with Crippen molar-refractivity contribution >= 4 is 5.82 Å². The minimum absolute atomic E-state index is 0.352. The van der Waals surface area contributed by atoms with Crippen LogP contribution in [0.1, 0.15) is 37.8 Å². The summed E-state index contributed by atoms with van der Waals surface area (Å²) in [6, 6.07) is 1.95. The second kappa shape index (κ2) is 6.00. The number of hydrogen-bond donors (Lipinski definition) is 1. The third kappa shape index (κ3) is 3.56. The quantitative estimate of drug-likeness (QED) is 0.805. The van der Waals surface area contributed by atoms with E-state index in [2.05, 4.69) is 21.4 Å². The van der Waals surface area contributed by atoms with Gasteiger partial charge in [-0.3, -0.25) is 0 Å². The highest BCUT2D eigenvalue weighted by Gasteiger charge is 2.03. The SMILES string of the molecule is N#Cc1cnc(NCCC2=CCCCC2)cn1. The maximum Gasteiger partial charge on any atom is 0.158 e. The van der Waals surface area contributed by atoms with Gasteiger partial charge in [0.1, 0.15) is 11.9 Å². The molecule has 0 amide bonds. The first-order valence-electron chi connectivity index (χ1n) is 6.02. The summed E-state index contributed by atoms with van der Waals surface area (Å²) in [6.07, 6.45) is 11.6. The van der Waals surface area contributed by atoms with E-state index in [1.54, 1.807) is 11.8 Å². The molecule has 4 nitrogen and oxygen atoms in total. The molecule has 1 aromatic rings. The molecular weight excluding hydrogens is 212 g/mol. The Labute approximate surface area is 101 Å². The monoisotopic (exact) mass is 228 g/mol. The Morgan fingerprint density at radius 3 is 2.88 bits per heavy atom. The van der Waals surface area contributed by atoms with Gasteiger partial charge in [-0.15, -0.1) is 0 Å². The van der Waals surface area contributed by atoms with Gasteiger partial charge in [-0.1, -0.05) is 11.6 Å². The van der Waals surface area contributed by atoms with Gasteiger partial charge in [0.2, 0.25) is 0 Å². The van der Waals surface area contributed by atoms with Crippen molar-refractivity contribution < 1.29 is 0 Å². The van der Waals surface area contributed by atoms with Crippen LogP contribution in [-0.4, -0.2) is 16.5 Å². The smallest absolute Gasteiger partial charge is 0.158 e. The molecule has 1 aliphatic rings. The number of anilines is 1. The topological polar surface area (TPSA) is 61.6 Å². The van der Waals surface area contributed by atoms with Gasteiger partial charge in [0, 0.05) is 6.54 Å². The van der Waals surface area contributed by atoms with Crippen molar-refractivity contribution in [2.24, 2.45) is 0 Å². The van der Waals surface area contributed by atoms with Gasteiger partial charge in [-0.05, 0) is 32.1 Å². The van der Waals surface area contributed by atoms with Gasteiger partial charge in [0.15, 0.2) is 5.69 Å². The average molecular weight is 228 g/mol. The van der Waals surface area contributed by atoms with Crippen LogP contribution in [0.2, 0.25) is 0 Å². The highest BCUT2D eigenvalue weighted by Crippen LogP contribution is 2.19. The van der Waals surface area contributed by atoms with E-state index in [0.29, 0.717) is 5.69 Å². The standard InChI is InChI=1S/C13H16N4/c14-8-12-9-17-13(10-16-12)15-7-6-11-4-2-1-3-5-11/h4,9-10H,1-3,5-7H2,(H,15,17). The van der Waals surface area contributed by atoms with Crippen LogP contribution in [-0.2, 0) is 0 Å². The first-order valence-corrected chi connectivity index (χ1v) is 6.02. The maximum atomic E-state index is 8.59. The summed E-state index contributed by atoms with van der Waals surface area (Å²) in [5, 5.41) is 11.8. The van der Waals surface area contributed by atoms with Gasteiger partial charge < -0.3 is 5.32 Å². The second-order valence-electron chi connectivity index (χ2n) is 4.18. The van der Waals surface area contributed by atoms with Crippen LogP contribution in [0.4, 0.5) is 5.82 Å². The number of nitrogens with one attached hydrogen (secondary N) is 1. The molecule has 0 aliphatic heterocycles. The summed E-state index contributed by atoms with van der Waals surface area (Å²) in [5.41, 5.74) is 1.90. The lowest BCUT2D eigenvalue weighted by molar-refractivity contribution is 0.679. The Morgan fingerprint density at radius 1 is 1.29 bits per heavy atom. The molecule has 88 valence electrons. The summed E-state index contributed by atoms with van der Waals surface area (Å²) in [4.78, 5) is 8.08. The molecule has 0 aromatic carbocycles. The lowest BCUT2D eigenvalue weighted by Gasteiger charge is -2.12. The zero-order valence-electron chi connectivity index (χ0n) is 9.82. The average Bonchev–Trinajstić information content (AvgIpc) is 2.41. The number of hydrogen-bond acceptors (Lipinski definition) is 4. The zero-order valence-corrected chi connectivity index (χ0v) is 9.82. The van der Waals surface area contributed by atoms with Crippen molar-refractivity contribution in [2.75, 3.05) is 11.9 Å². The van der Waals surface area contributed by atoms with Crippen molar-refractivity contribution in [1.29, 1.82) is 5.26 Å². The highest BCUT2D eigenvalue weighted by molar-refractivity contribution is 5.33. The first-order chi connectivity index (χ1) is 8.38. The van der Waals surface area contributed by atoms with Gasteiger partial charge >= 0.3 is 0 Å². The Kier molecular flexibility index (Phi) is 4.09. The molecule has 0 saturated heterocycles. The summed E-state index contributed by atoms with van der Waals surface area (Å²) in [7, 11) is 0. The minimum atomic E-state index is 0.352. The van der Waals surface area contributed by atoms with E-state index in [4.69, 9.17) is 5.26 Å². The van der Waals surface area contributed by atoms with E-state index in [1.165, 1.54) is 31.9 Å². The number of rotatable bonds is 4. The lowest BCUT2D eigenvalue weighted by Crippen LogP contribution is -2.06. The van der Waals surface area contributed by atoms with Crippen molar-refractivity contribution in [3.63, 3.8) is 0 Å². The van der Waals surface area contributed by atoms with Crippen LogP contribution in [0.5, 0.6) is 0 Å². The van der Waals surface area contributed by atoms with Gasteiger partial charge in [0.05, 0.1) is 12.4 Å². The highest BCUT2D eigenvalue weighted by atomic mass is 15.0. The third-order valence-electron chi connectivity index (χ3n) is 2.90. The van der Waals surface area contributed by atoms with Crippen LogP contribution < -0.4 is 5.32 Å². The van der Waals surface area contributed by atoms with Crippen LogP contribution in [0.15, 0.2) is 24.0 Å². The summed E-state index contributed by atoms with van der Waals surface area (Å²) < 4.78 is 0. The number of aromatic nitrogens is 2. The minimum Gasteiger partial charge on any atom is -0.368 e. The third-order valence-corrected chi connectivity index (χ3v) is 2.90. The van der Waals surface area contributed by atoms with E-state index in [9.17, 15) is 0 Å². The molecule has 1 N–H and O–H groups in total. The van der Waals surface area contributed by atoms with Crippen molar-refractivity contribution in [1.82, 2.24) is 9.97 Å². The van der Waals surface area contributed by atoms with Crippen molar-refractivity contribution in [3.05, 3.63) is 29.7 Å². The molecule has 0 radical (unpaired) electrons. The molecule has 1 aromatic heterocycles. The molecule has 4 heteroatoms. The summed E-state index contributed by atoms with van der Waals surface area (Å²) in [6.45, 7) is 0.881. The van der Waals surface area contributed by atoms with Crippen molar-refractivity contribution in [2.45, 2.75) is 32.1 Å². The Balaban J connectivity index is 1.77. The molecule has 0 fully saturated rings. The summed E-state index contributed by atoms with van der Waals surface area (Å²) in [5.74, 6) is 0.736. The number of nitrogens with zero attached hydrogens (tertiary/aromatic N) is 3.